The number of rotatable bonds is 4. The molecule has 4 nitrogen and oxygen atoms in total. The second-order valence-corrected chi connectivity index (χ2v) is 4.79. The molecule has 1 fully saturated rings. The molecule has 1 aliphatic rings. The van der Waals surface area contributed by atoms with Crippen LogP contribution in [0.4, 0.5) is 0 Å². The minimum Gasteiger partial charge on any atom is -0.448 e. The van der Waals surface area contributed by atoms with Crippen LogP contribution in [0.15, 0.2) is 10.7 Å². The third kappa shape index (κ3) is 3.16. The number of piperidine rings is 1. The van der Waals surface area contributed by atoms with Gasteiger partial charge in [-0.25, -0.2) is 4.98 Å². The van der Waals surface area contributed by atoms with Crippen molar-refractivity contribution >= 4 is 5.78 Å². The molecular weight excluding hydrogens is 216 g/mol. The van der Waals surface area contributed by atoms with Gasteiger partial charge in [0.25, 0.3) is 0 Å². The van der Waals surface area contributed by atoms with Crippen molar-refractivity contribution in [3.63, 3.8) is 0 Å². The van der Waals surface area contributed by atoms with Gasteiger partial charge in [0.15, 0.2) is 11.7 Å². The molecule has 0 radical (unpaired) electrons. The number of ketones is 1. The van der Waals surface area contributed by atoms with Gasteiger partial charge in [-0.1, -0.05) is 6.92 Å². The van der Waals surface area contributed by atoms with E-state index < -0.39 is 0 Å². The van der Waals surface area contributed by atoms with E-state index in [1.807, 2.05) is 0 Å². The van der Waals surface area contributed by atoms with Crippen LogP contribution in [0.25, 0.3) is 0 Å². The smallest absolute Gasteiger partial charge is 0.194 e. The van der Waals surface area contributed by atoms with Crippen molar-refractivity contribution in [3.8, 4) is 0 Å². The molecule has 1 aromatic heterocycles. The van der Waals surface area contributed by atoms with E-state index in [9.17, 15) is 4.79 Å². The quantitative estimate of drug-likeness (QED) is 0.751. The van der Waals surface area contributed by atoms with Crippen molar-refractivity contribution in [1.29, 1.82) is 0 Å². The van der Waals surface area contributed by atoms with Crippen LogP contribution in [0.2, 0.25) is 0 Å². The van der Waals surface area contributed by atoms with E-state index >= 15 is 0 Å². The van der Waals surface area contributed by atoms with Crippen LogP contribution in [-0.2, 0) is 6.42 Å². The summed E-state index contributed by atoms with van der Waals surface area (Å²) in [4.78, 5) is 17.8. The van der Waals surface area contributed by atoms with E-state index in [1.54, 1.807) is 0 Å². The lowest BCUT2D eigenvalue weighted by Crippen LogP contribution is -2.35. The molecule has 17 heavy (non-hydrogen) atoms. The highest BCUT2D eigenvalue weighted by Crippen LogP contribution is 2.20. The molecule has 0 amide bonds. The van der Waals surface area contributed by atoms with Gasteiger partial charge in [-0.15, -0.1) is 0 Å². The Morgan fingerprint density at radius 3 is 3.12 bits per heavy atom. The highest BCUT2D eigenvalue weighted by Gasteiger charge is 2.21. The average Bonchev–Trinajstić information content (AvgIpc) is 2.78. The molecule has 0 N–H and O–H groups in total. The average molecular weight is 236 g/mol. The van der Waals surface area contributed by atoms with Crippen molar-refractivity contribution in [1.82, 2.24) is 9.88 Å². The van der Waals surface area contributed by atoms with Crippen molar-refractivity contribution in [2.24, 2.45) is 5.92 Å². The first-order chi connectivity index (χ1) is 8.19. The number of hydrogen-bond acceptors (Lipinski definition) is 4. The summed E-state index contributed by atoms with van der Waals surface area (Å²) < 4.78 is 5.35. The third-order valence-corrected chi connectivity index (χ3v) is 3.43. The van der Waals surface area contributed by atoms with Gasteiger partial charge >= 0.3 is 0 Å². The number of carbonyl (C=O) groups is 1. The van der Waals surface area contributed by atoms with Crippen LogP contribution >= 0.6 is 0 Å². The Kier molecular flexibility index (Phi) is 3.94. The summed E-state index contributed by atoms with van der Waals surface area (Å²) in [5.41, 5.74) is 0.447. The van der Waals surface area contributed by atoms with Gasteiger partial charge in [-0.05, 0) is 31.8 Å². The summed E-state index contributed by atoms with van der Waals surface area (Å²) in [5.74, 6) is 1.29. The maximum Gasteiger partial charge on any atom is 0.194 e. The zero-order valence-electron chi connectivity index (χ0n) is 10.6. The minimum atomic E-state index is -0.0289. The summed E-state index contributed by atoms with van der Waals surface area (Å²) in [6.07, 6.45) is 4.80. The molecule has 1 aromatic rings. The second kappa shape index (κ2) is 5.45. The maximum absolute atomic E-state index is 11.1. The van der Waals surface area contributed by atoms with Crippen molar-refractivity contribution in [3.05, 3.63) is 17.8 Å². The normalized spacial score (nSPS) is 21.6. The second-order valence-electron chi connectivity index (χ2n) is 4.79. The molecular formula is C13H20N2O2. The van der Waals surface area contributed by atoms with E-state index in [2.05, 4.69) is 16.8 Å². The number of carbonyl (C=O) groups excluding carboxylic acids is 1. The summed E-state index contributed by atoms with van der Waals surface area (Å²) in [7, 11) is 0. The molecule has 1 atom stereocenters. The number of Topliss-reactive ketones (excluding diaryl/α,β-unsaturated/α-hetero) is 1. The van der Waals surface area contributed by atoms with Crippen LogP contribution in [-0.4, -0.2) is 35.3 Å². The molecule has 94 valence electrons. The number of likely N-dealkylation sites (tertiary alicyclic amines) is 1. The van der Waals surface area contributed by atoms with Gasteiger partial charge in [-0.3, -0.25) is 4.79 Å². The molecule has 0 bridgehead atoms. The third-order valence-electron chi connectivity index (χ3n) is 3.43. The van der Waals surface area contributed by atoms with E-state index in [-0.39, 0.29) is 5.78 Å². The lowest BCUT2D eigenvalue weighted by atomic mass is 9.95. The summed E-state index contributed by atoms with van der Waals surface area (Å²) in [6, 6.07) is 0. The highest BCUT2D eigenvalue weighted by molar-refractivity contribution is 5.91. The lowest BCUT2D eigenvalue weighted by molar-refractivity contribution is 0.101. The molecule has 1 unspecified atom stereocenters. The highest BCUT2D eigenvalue weighted by atomic mass is 16.3. The van der Waals surface area contributed by atoms with Crippen LogP contribution in [0.1, 0.15) is 43.1 Å². The molecule has 0 aliphatic carbocycles. The summed E-state index contributed by atoms with van der Waals surface area (Å²) >= 11 is 0. The predicted octanol–water partition coefficient (Wildman–Crippen LogP) is 2.15. The number of hydrogen-bond donors (Lipinski definition) is 0. The first-order valence-corrected chi connectivity index (χ1v) is 6.36. The zero-order valence-corrected chi connectivity index (χ0v) is 10.6. The fourth-order valence-electron chi connectivity index (χ4n) is 2.42. The summed E-state index contributed by atoms with van der Waals surface area (Å²) in [6.45, 7) is 7.15. The largest absolute Gasteiger partial charge is 0.448 e. The van der Waals surface area contributed by atoms with Gasteiger partial charge in [0.2, 0.25) is 0 Å². The van der Waals surface area contributed by atoms with Gasteiger partial charge < -0.3 is 9.32 Å². The number of oxazole rings is 1. The fourth-order valence-corrected chi connectivity index (χ4v) is 2.42. The number of nitrogens with zero attached hydrogens (tertiary/aromatic N) is 2. The van der Waals surface area contributed by atoms with E-state index in [1.165, 1.54) is 32.6 Å². The standard InChI is InChI=1S/C13H20N2O2/c1-3-15-6-4-5-11(8-15)7-13-14-12(9-17-13)10(2)16/h9,11H,3-8H2,1-2H3. The Balaban J connectivity index is 1.93. The Bertz CT molecular complexity index is 387. The molecule has 1 saturated heterocycles. The van der Waals surface area contributed by atoms with Gasteiger partial charge in [0, 0.05) is 19.9 Å². The molecule has 0 spiro atoms. The SMILES string of the molecule is CCN1CCCC(Cc2nc(C(C)=O)co2)C1. The van der Waals surface area contributed by atoms with Crippen molar-refractivity contribution < 1.29 is 9.21 Å². The van der Waals surface area contributed by atoms with Crippen LogP contribution in [0, 0.1) is 5.92 Å². The molecule has 0 saturated carbocycles. The Morgan fingerprint density at radius 1 is 1.65 bits per heavy atom. The Labute approximate surface area is 102 Å². The van der Waals surface area contributed by atoms with Crippen LogP contribution < -0.4 is 0 Å². The molecule has 2 rings (SSSR count). The minimum absolute atomic E-state index is 0.0289. The Hall–Kier alpha value is -1.16. The van der Waals surface area contributed by atoms with Gasteiger partial charge in [0.1, 0.15) is 12.0 Å². The predicted molar refractivity (Wildman–Crippen MR) is 65.0 cm³/mol. The summed E-state index contributed by atoms with van der Waals surface area (Å²) in [5, 5.41) is 0. The monoisotopic (exact) mass is 236 g/mol. The molecule has 1 aliphatic heterocycles. The maximum atomic E-state index is 11.1. The van der Waals surface area contributed by atoms with E-state index in [0.717, 1.165) is 19.5 Å². The molecule has 2 heterocycles. The fraction of sp³-hybridized carbons (Fsp3) is 0.692. The van der Waals surface area contributed by atoms with Crippen molar-refractivity contribution in [2.45, 2.75) is 33.1 Å². The van der Waals surface area contributed by atoms with Crippen molar-refractivity contribution in [2.75, 3.05) is 19.6 Å². The number of aromatic nitrogens is 1. The molecule has 0 aromatic carbocycles. The van der Waals surface area contributed by atoms with Gasteiger partial charge in [0.05, 0.1) is 0 Å². The van der Waals surface area contributed by atoms with E-state index in [4.69, 9.17) is 4.42 Å². The van der Waals surface area contributed by atoms with Crippen LogP contribution in [0.3, 0.4) is 0 Å². The van der Waals surface area contributed by atoms with E-state index in [0.29, 0.717) is 17.5 Å². The first-order valence-electron chi connectivity index (χ1n) is 6.36. The van der Waals surface area contributed by atoms with Gasteiger partial charge in [-0.2, -0.15) is 0 Å². The topological polar surface area (TPSA) is 46.3 Å². The lowest BCUT2D eigenvalue weighted by Gasteiger charge is -2.31. The Morgan fingerprint density at radius 2 is 2.47 bits per heavy atom. The zero-order chi connectivity index (χ0) is 12.3. The first kappa shape index (κ1) is 12.3. The molecule has 4 heteroatoms. The van der Waals surface area contributed by atoms with Crippen LogP contribution in [0.5, 0.6) is 0 Å².